The summed E-state index contributed by atoms with van der Waals surface area (Å²) >= 11 is 12.3. The van der Waals surface area contributed by atoms with E-state index in [1.54, 1.807) is 42.5 Å². The number of hydrogen-bond donors (Lipinski definition) is 2. The summed E-state index contributed by atoms with van der Waals surface area (Å²) in [5.74, 6) is -1.53. The molecule has 1 aliphatic carbocycles. The van der Waals surface area contributed by atoms with E-state index in [4.69, 9.17) is 29.3 Å². The highest BCUT2D eigenvalue weighted by Crippen LogP contribution is 2.28. The molecule has 3 rings (SSSR count). The quantitative estimate of drug-likeness (QED) is 0.509. The molecule has 6 nitrogen and oxygen atoms in total. The van der Waals surface area contributed by atoms with Gasteiger partial charge in [0.25, 0.3) is 0 Å². The van der Waals surface area contributed by atoms with Gasteiger partial charge in [-0.3, -0.25) is 4.79 Å². The van der Waals surface area contributed by atoms with Crippen LogP contribution in [0.5, 0.6) is 5.75 Å². The van der Waals surface area contributed by atoms with Crippen LogP contribution in [-0.2, 0) is 27.4 Å². The minimum absolute atomic E-state index is 0.123. The third kappa shape index (κ3) is 6.47. The van der Waals surface area contributed by atoms with E-state index in [-0.39, 0.29) is 30.8 Å². The van der Waals surface area contributed by atoms with Crippen LogP contribution in [0.15, 0.2) is 42.5 Å². The molecule has 32 heavy (non-hydrogen) atoms. The number of nitrogens with one attached hydrogen (secondary N) is 1. The molecule has 0 aliphatic heterocycles. The first-order valence-electron chi connectivity index (χ1n) is 10.9. The Kier molecular flexibility index (Phi) is 8.02. The van der Waals surface area contributed by atoms with Crippen molar-refractivity contribution in [1.82, 2.24) is 5.32 Å². The number of aldehydes is 1. The van der Waals surface area contributed by atoms with Crippen molar-refractivity contribution >= 4 is 41.3 Å². The number of carbonyl (C=O) groups is 3. The number of hydrogen-bond acceptors (Lipinski definition) is 4. The zero-order chi connectivity index (χ0) is 24.0. The summed E-state index contributed by atoms with van der Waals surface area (Å²) in [5, 5.41) is 13.2. The number of aliphatic carboxylic acids is 1. The van der Waals surface area contributed by atoms with Gasteiger partial charge in [-0.2, -0.15) is 0 Å². The predicted molar refractivity (Wildman–Crippen MR) is 122 cm³/mol. The summed E-state index contributed by atoms with van der Waals surface area (Å²) in [6, 6.07) is 11.1. The Morgan fingerprint density at radius 3 is 2.31 bits per heavy atom. The smallest absolute Gasteiger partial charge is 0.326 e. The Morgan fingerprint density at radius 2 is 1.75 bits per heavy atom. The molecule has 0 saturated heterocycles. The first kappa shape index (κ1) is 22.6. The third-order valence-electron chi connectivity index (χ3n) is 5.69. The number of ether oxygens (including phenoxy) is 1. The zero-order valence-corrected chi connectivity index (χ0v) is 18.9. The molecular weight excluding hydrogens is 453 g/mol. The highest BCUT2D eigenvalue weighted by Gasteiger charge is 2.29. The molecule has 0 bridgehead atoms. The van der Waals surface area contributed by atoms with Gasteiger partial charge in [-0.25, -0.2) is 4.79 Å². The third-order valence-corrected chi connectivity index (χ3v) is 6.40. The lowest BCUT2D eigenvalue weighted by Crippen LogP contribution is -2.45. The molecule has 0 aromatic heterocycles. The summed E-state index contributed by atoms with van der Waals surface area (Å²) in [6.07, 6.45) is 1.46. The summed E-state index contributed by atoms with van der Waals surface area (Å²) < 4.78 is 12.9. The monoisotopic (exact) mass is 478 g/mol. The van der Waals surface area contributed by atoms with E-state index in [0.717, 1.165) is 5.56 Å². The maximum atomic E-state index is 12.6. The largest absolute Gasteiger partial charge is 0.489 e. The predicted octanol–water partition coefficient (Wildman–Crippen LogP) is 4.69. The van der Waals surface area contributed by atoms with Crippen LogP contribution in [0.2, 0.25) is 10.0 Å². The first-order valence-corrected chi connectivity index (χ1v) is 11.2. The number of rotatable bonds is 9. The van der Waals surface area contributed by atoms with Crippen LogP contribution in [0.1, 0.15) is 38.2 Å². The van der Waals surface area contributed by atoms with E-state index in [0.29, 0.717) is 47.0 Å². The fourth-order valence-corrected chi connectivity index (χ4v) is 4.25. The van der Waals surface area contributed by atoms with Crippen molar-refractivity contribution in [1.29, 1.82) is 0 Å². The normalized spacial score (nSPS) is 19.5. The van der Waals surface area contributed by atoms with Crippen molar-refractivity contribution in [3.8, 4) is 5.75 Å². The molecule has 1 saturated carbocycles. The van der Waals surface area contributed by atoms with Gasteiger partial charge < -0.3 is 20.0 Å². The lowest BCUT2D eigenvalue weighted by Gasteiger charge is -2.26. The molecule has 0 spiro atoms. The van der Waals surface area contributed by atoms with Crippen molar-refractivity contribution in [2.45, 2.75) is 44.8 Å². The summed E-state index contributed by atoms with van der Waals surface area (Å²) in [5.41, 5.74) is 1.41. The molecule has 1 atom stereocenters. The minimum Gasteiger partial charge on any atom is -0.489 e. The Balaban J connectivity index is 1.55. The van der Waals surface area contributed by atoms with Crippen LogP contribution >= 0.6 is 23.2 Å². The van der Waals surface area contributed by atoms with Gasteiger partial charge >= 0.3 is 5.97 Å². The lowest BCUT2D eigenvalue weighted by molar-refractivity contribution is -0.142. The van der Waals surface area contributed by atoms with E-state index in [9.17, 15) is 19.5 Å². The molecule has 170 valence electrons. The number of benzene rings is 2. The van der Waals surface area contributed by atoms with Gasteiger partial charge in [0, 0.05) is 33.9 Å². The van der Waals surface area contributed by atoms with Crippen molar-refractivity contribution < 1.29 is 25.6 Å². The minimum atomic E-state index is -1.12. The van der Waals surface area contributed by atoms with Gasteiger partial charge in [0.05, 0.1) is 0 Å². The zero-order valence-electron chi connectivity index (χ0n) is 18.4. The first-order chi connectivity index (χ1) is 15.7. The van der Waals surface area contributed by atoms with Crippen LogP contribution in [-0.4, -0.2) is 29.3 Å². The number of amides is 1. The van der Waals surface area contributed by atoms with Gasteiger partial charge in [-0.15, -0.1) is 0 Å². The van der Waals surface area contributed by atoms with Gasteiger partial charge in [0.1, 0.15) is 26.0 Å². The molecule has 2 aromatic rings. The summed E-state index contributed by atoms with van der Waals surface area (Å²) in [7, 11) is 0. The second-order valence-electron chi connectivity index (χ2n) is 7.90. The SMILES string of the molecule is [2H]C(=O)C1CCC(C(=O)N[C@@H](Cc2ccc(OCc3c(Cl)cccc3Cl)cc2)C(=O)O)CC1. The summed E-state index contributed by atoms with van der Waals surface area (Å²) in [4.78, 5) is 35.5. The number of carboxylic acid groups (broad SMARTS) is 1. The van der Waals surface area contributed by atoms with Gasteiger partial charge in [0.2, 0.25) is 5.91 Å². The second kappa shape index (κ2) is 11.3. The Labute approximate surface area is 198 Å². The summed E-state index contributed by atoms with van der Waals surface area (Å²) in [6.45, 7) is 0.194. The van der Waals surface area contributed by atoms with Crippen molar-refractivity contribution in [3.05, 3.63) is 63.6 Å². The molecule has 8 heteroatoms. The van der Waals surface area contributed by atoms with Crippen LogP contribution < -0.4 is 10.1 Å². The van der Waals surface area contributed by atoms with Crippen LogP contribution in [0.25, 0.3) is 0 Å². The molecule has 0 heterocycles. The van der Waals surface area contributed by atoms with E-state index >= 15 is 0 Å². The Morgan fingerprint density at radius 1 is 1.12 bits per heavy atom. The van der Waals surface area contributed by atoms with Crippen LogP contribution in [0.3, 0.4) is 0 Å². The maximum Gasteiger partial charge on any atom is 0.326 e. The average molecular weight is 479 g/mol. The van der Waals surface area contributed by atoms with Gasteiger partial charge in [-0.05, 0) is 55.5 Å². The number of carbonyl (C=O) groups excluding carboxylic acids is 2. The molecule has 1 fully saturated rings. The number of carboxylic acids is 1. The van der Waals surface area contributed by atoms with E-state index in [1.165, 1.54) is 0 Å². The average Bonchev–Trinajstić information content (AvgIpc) is 2.79. The molecule has 0 unspecified atom stereocenters. The number of halogens is 2. The standard InChI is InChI=1S/C24H25Cl2NO5/c25-20-2-1-3-21(26)19(20)14-32-18-10-6-15(7-11-18)12-22(24(30)31)27-23(29)17-8-4-16(13-28)5-9-17/h1-3,6-7,10-11,13,16-17,22H,4-5,8-9,12,14H2,(H,27,29)(H,30,31)/t16?,17?,22-/m0/s1/i13D. The van der Waals surface area contributed by atoms with E-state index < -0.39 is 18.3 Å². The highest BCUT2D eigenvalue weighted by molar-refractivity contribution is 6.35. The Bertz CT molecular complexity index is 986. The highest BCUT2D eigenvalue weighted by atomic mass is 35.5. The van der Waals surface area contributed by atoms with Crippen molar-refractivity contribution in [2.75, 3.05) is 0 Å². The molecule has 2 N–H and O–H groups in total. The van der Waals surface area contributed by atoms with Crippen molar-refractivity contribution in [3.63, 3.8) is 0 Å². The van der Waals surface area contributed by atoms with Gasteiger partial charge in [-0.1, -0.05) is 41.4 Å². The molecule has 1 aliphatic rings. The van der Waals surface area contributed by atoms with E-state index in [2.05, 4.69) is 5.32 Å². The van der Waals surface area contributed by atoms with Crippen LogP contribution in [0, 0.1) is 11.8 Å². The molecular formula is C24H25Cl2NO5. The van der Waals surface area contributed by atoms with Crippen molar-refractivity contribution in [2.24, 2.45) is 11.8 Å². The topological polar surface area (TPSA) is 92.7 Å². The Hall–Kier alpha value is -2.57. The molecule has 1 amide bonds. The second-order valence-corrected chi connectivity index (χ2v) is 8.72. The maximum absolute atomic E-state index is 12.6. The molecule has 2 aromatic carbocycles. The van der Waals surface area contributed by atoms with Crippen LogP contribution in [0.4, 0.5) is 0 Å². The fraction of sp³-hybridized carbons (Fsp3) is 0.375. The molecule has 0 radical (unpaired) electrons. The van der Waals surface area contributed by atoms with Gasteiger partial charge in [0.15, 0.2) is 0 Å². The lowest BCUT2D eigenvalue weighted by atomic mass is 9.82. The fourth-order valence-electron chi connectivity index (χ4n) is 3.75. The van der Waals surface area contributed by atoms with E-state index in [1.807, 2.05) is 0 Å².